The first kappa shape index (κ1) is 11.9. The number of carbonyl (C=O) groups excluding carboxylic acids is 2. The molecule has 0 aliphatic carbocycles. The summed E-state index contributed by atoms with van der Waals surface area (Å²) in [5, 5.41) is 0. The number of hydrogen-bond donors (Lipinski definition) is 0. The van der Waals surface area contributed by atoms with Crippen LogP contribution in [0.1, 0.15) is 33.6 Å². The van der Waals surface area contributed by atoms with Gasteiger partial charge in [-0.05, 0) is 20.8 Å². The molecule has 0 saturated heterocycles. The van der Waals surface area contributed by atoms with Crippen molar-refractivity contribution in [2.45, 2.75) is 39.7 Å². The zero-order valence-corrected chi connectivity index (χ0v) is 8.37. The Morgan fingerprint density at radius 3 is 2.46 bits per heavy atom. The lowest BCUT2D eigenvalue weighted by Gasteiger charge is -2.05. The molecule has 3 nitrogen and oxygen atoms in total. The minimum absolute atomic E-state index is 0.0766. The van der Waals surface area contributed by atoms with Gasteiger partial charge in [-0.3, -0.25) is 4.79 Å². The standard InChI is InChI=1S/C10H16O3/c1-8(2)13-10(12)5-4-9(3)6-7-11/h4,7-8H,5-6H2,1-3H3. The van der Waals surface area contributed by atoms with Crippen LogP contribution in [0.25, 0.3) is 0 Å². The van der Waals surface area contributed by atoms with Gasteiger partial charge in [0.25, 0.3) is 0 Å². The fourth-order valence-corrected chi connectivity index (χ4v) is 0.783. The third kappa shape index (κ3) is 7.25. The van der Waals surface area contributed by atoms with Crippen LogP contribution in [0.15, 0.2) is 11.6 Å². The zero-order valence-electron chi connectivity index (χ0n) is 8.37. The highest BCUT2D eigenvalue weighted by molar-refractivity contribution is 5.71. The molecule has 0 aromatic rings. The van der Waals surface area contributed by atoms with Crippen molar-refractivity contribution in [3.63, 3.8) is 0 Å². The van der Waals surface area contributed by atoms with E-state index in [1.165, 1.54) is 0 Å². The summed E-state index contributed by atoms with van der Waals surface area (Å²) >= 11 is 0. The highest BCUT2D eigenvalue weighted by atomic mass is 16.5. The third-order valence-electron chi connectivity index (χ3n) is 1.39. The molecule has 13 heavy (non-hydrogen) atoms. The van der Waals surface area contributed by atoms with Gasteiger partial charge in [0.1, 0.15) is 6.29 Å². The van der Waals surface area contributed by atoms with Crippen molar-refractivity contribution in [1.82, 2.24) is 0 Å². The number of aldehydes is 1. The molecular weight excluding hydrogens is 168 g/mol. The second kappa shape index (κ2) is 6.40. The number of carbonyl (C=O) groups is 2. The van der Waals surface area contributed by atoms with E-state index < -0.39 is 0 Å². The van der Waals surface area contributed by atoms with Gasteiger partial charge in [0.05, 0.1) is 12.5 Å². The van der Waals surface area contributed by atoms with E-state index in [-0.39, 0.29) is 18.5 Å². The van der Waals surface area contributed by atoms with Crippen LogP contribution in [0.2, 0.25) is 0 Å². The van der Waals surface area contributed by atoms with E-state index in [1.54, 1.807) is 19.9 Å². The predicted octanol–water partition coefficient (Wildman–Crippen LogP) is 1.86. The first-order valence-corrected chi connectivity index (χ1v) is 4.35. The lowest BCUT2D eigenvalue weighted by Crippen LogP contribution is -2.10. The van der Waals surface area contributed by atoms with Crippen LogP contribution in [-0.2, 0) is 14.3 Å². The summed E-state index contributed by atoms with van der Waals surface area (Å²) in [4.78, 5) is 21.1. The van der Waals surface area contributed by atoms with Gasteiger partial charge in [0.15, 0.2) is 0 Å². The van der Waals surface area contributed by atoms with E-state index in [4.69, 9.17) is 4.74 Å². The Balaban J connectivity index is 3.79. The average Bonchev–Trinajstić information content (AvgIpc) is 2.00. The topological polar surface area (TPSA) is 43.4 Å². The van der Waals surface area contributed by atoms with Crippen molar-refractivity contribution in [3.05, 3.63) is 11.6 Å². The van der Waals surface area contributed by atoms with Gasteiger partial charge in [-0.25, -0.2) is 0 Å². The number of allylic oxidation sites excluding steroid dienone is 1. The molecule has 0 radical (unpaired) electrons. The highest BCUT2D eigenvalue weighted by Gasteiger charge is 2.02. The Hall–Kier alpha value is -1.12. The Morgan fingerprint density at radius 2 is 2.00 bits per heavy atom. The molecule has 3 heteroatoms. The summed E-state index contributed by atoms with van der Waals surface area (Å²) in [7, 11) is 0. The van der Waals surface area contributed by atoms with Crippen molar-refractivity contribution >= 4 is 12.3 Å². The first-order valence-electron chi connectivity index (χ1n) is 4.35. The number of esters is 1. The lowest BCUT2D eigenvalue weighted by atomic mass is 10.2. The maximum Gasteiger partial charge on any atom is 0.309 e. The Bertz CT molecular complexity index is 204. The third-order valence-corrected chi connectivity index (χ3v) is 1.39. The van der Waals surface area contributed by atoms with Gasteiger partial charge >= 0.3 is 5.97 Å². The van der Waals surface area contributed by atoms with Gasteiger partial charge in [0.2, 0.25) is 0 Å². The molecule has 0 bridgehead atoms. The SMILES string of the molecule is CC(=CCC(=O)OC(C)C)CC=O. The van der Waals surface area contributed by atoms with Crippen molar-refractivity contribution in [3.8, 4) is 0 Å². The molecule has 0 unspecified atom stereocenters. The van der Waals surface area contributed by atoms with Gasteiger partial charge < -0.3 is 9.53 Å². The molecule has 0 aliphatic rings. The summed E-state index contributed by atoms with van der Waals surface area (Å²) in [6, 6.07) is 0. The Labute approximate surface area is 78.8 Å². The highest BCUT2D eigenvalue weighted by Crippen LogP contribution is 2.01. The van der Waals surface area contributed by atoms with E-state index in [0.717, 1.165) is 11.9 Å². The fourth-order valence-electron chi connectivity index (χ4n) is 0.783. The van der Waals surface area contributed by atoms with Crippen LogP contribution in [0, 0.1) is 0 Å². The minimum atomic E-state index is -0.250. The maximum atomic E-state index is 11.0. The van der Waals surface area contributed by atoms with E-state index in [9.17, 15) is 9.59 Å². The van der Waals surface area contributed by atoms with Gasteiger partial charge in [-0.2, -0.15) is 0 Å². The van der Waals surface area contributed by atoms with E-state index in [1.807, 2.05) is 6.92 Å². The maximum absolute atomic E-state index is 11.0. The quantitative estimate of drug-likeness (QED) is 0.372. The summed E-state index contributed by atoms with van der Waals surface area (Å²) in [5.74, 6) is -0.250. The van der Waals surface area contributed by atoms with Crippen LogP contribution in [0.3, 0.4) is 0 Å². The monoisotopic (exact) mass is 184 g/mol. The molecule has 0 spiro atoms. The van der Waals surface area contributed by atoms with Gasteiger partial charge in [-0.15, -0.1) is 0 Å². The Morgan fingerprint density at radius 1 is 1.38 bits per heavy atom. The number of ether oxygens (including phenoxy) is 1. The summed E-state index contributed by atoms with van der Waals surface area (Å²) in [6.45, 7) is 5.43. The molecule has 0 N–H and O–H groups in total. The Kier molecular flexibility index (Phi) is 5.85. The second-order valence-corrected chi connectivity index (χ2v) is 3.16. The molecule has 74 valence electrons. The molecule has 0 heterocycles. The smallest absolute Gasteiger partial charge is 0.309 e. The van der Waals surface area contributed by atoms with Crippen molar-refractivity contribution in [1.29, 1.82) is 0 Å². The van der Waals surface area contributed by atoms with Crippen molar-refractivity contribution in [2.75, 3.05) is 0 Å². The van der Waals surface area contributed by atoms with E-state index in [0.29, 0.717) is 6.42 Å². The summed E-state index contributed by atoms with van der Waals surface area (Å²) < 4.78 is 4.91. The second-order valence-electron chi connectivity index (χ2n) is 3.16. The molecule has 0 atom stereocenters. The number of rotatable bonds is 5. The van der Waals surface area contributed by atoms with Gasteiger partial charge in [-0.1, -0.05) is 11.6 Å². The number of hydrogen-bond acceptors (Lipinski definition) is 3. The molecule has 0 rings (SSSR count). The van der Waals surface area contributed by atoms with Crippen LogP contribution in [0.5, 0.6) is 0 Å². The molecule has 0 fully saturated rings. The average molecular weight is 184 g/mol. The molecule has 0 aliphatic heterocycles. The van der Waals surface area contributed by atoms with Crippen molar-refractivity contribution < 1.29 is 14.3 Å². The summed E-state index contributed by atoms with van der Waals surface area (Å²) in [5.41, 5.74) is 0.899. The van der Waals surface area contributed by atoms with Gasteiger partial charge in [0, 0.05) is 6.42 Å². The first-order chi connectivity index (χ1) is 6.06. The van der Waals surface area contributed by atoms with Crippen LogP contribution in [0.4, 0.5) is 0 Å². The minimum Gasteiger partial charge on any atom is -0.463 e. The fraction of sp³-hybridized carbons (Fsp3) is 0.600. The van der Waals surface area contributed by atoms with Crippen LogP contribution in [-0.4, -0.2) is 18.4 Å². The largest absolute Gasteiger partial charge is 0.463 e. The molecular formula is C10H16O3. The molecule has 0 saturated carbocycles. The predicted molar refractivity (Wildman–Crippen MR) is 50.3 cm³/mol. The van der Waals surface area contributed by atoms with Crippen molar-refractivity contribution in [2.24, 2.45) is 0 Å². The van der Waals surface area contributed by atoms with Crippen LogP contribution < -0.4 is 0 Å². The van der Waals surface area contributed by atoms with E-state index >= 15 is 0 Å². The molecule has 0 aromatic heterocycles. The molecule has 0 amide bonds. The normalized spacial score (nSPS) is 11.5. The zero-order chi connectivity index (χ0) is 10.3. The summed E-state index contributed by atoms with van der Waals surface area (Å²) in [6.07, 6.45) is 3.10. The van der Waals surface area contributed by atoms with E-state index in [2.05, 4.69) is 0 Å². The lowest BCUT2D eigenvalue weighted by molar-refractivity contribution is -0.146. The van der Waals surface area contributed by atoms with Crippen LogP contribution >= 0.6 is 0 Å². The molecule has 0 aromatic carbocycles.